The van der Waals surface area contributed by atoms with Crippen molar-refractivity contribution in [2.45, 2.75) is 6.54 Å². The van der Waals surface area contributed by atoms with Gasteiger partial charge in [-0.1, -0.05) is 53.5 Å². The van der Waals surface area contributed by atoms with Crippen molar-refractivity contribution in [1.29, 1.82) is 0 Å². The van der Waals surface area contributed by atoms with Gasteiger partial charge in [-0.2, -0.15) is 5.10 Å². The summed E-state index contributed by atoms with van der Waals surface area (Å²) in [5, 5.41) is 11.9. The molecule has 1 aromatic heterocycles. The molecule has 3 rings (SSSR count). The average Bonchev–Trinajstić information content (AvgIpc) is 2.99. The van der Waals surface area contributed by atoms with E-state index in [0.29, 0.717) is 27.5 Å². The molecule has 122 valence electrons. The van der Waals surface area contributed by atoms with Crippen molar-refractivity contribution in [3.05, 3.63) is 76.4 Å². The first kappa shape index (κ1) is 16.8. The minimum Gasteiger partial charge on any atom is -0.332 e. The molecule has 4 nitrogen and oxygen atoms in total. The van der Waals surface area contributed by atoms with Crippen LogP contribution in [0.25, 0.3) is 0 Å². The predicted molar refractivity (Wildman–Crippen MR) is 104 cm³/mol. The molecule has 0 aliphatic heterocycles. The first-order chi connectivity index (χ1) is 11.6. The molecule has 0 saturated heterocycles. The van der Waals surface area contributed by atoms with Gasteiger partial charge in [0.1, 0.15) is 0 Å². The van der Waals surface area contributed by atoms with Gasteiger partial charge in [0.05, 0.1) is 16.6 Å². The highest BCUT2D eigenvalue weighted by molar-refractivity contribution is 7.80. The standard InChI is InChI=1S/C17H14Cl2N4S/c18-14-7-6-13(10-15(14)19)20-17(24)21-16-8-9-23(22-16)11-12-4-2-1-3-5-12/h1-10H,11H2,(H2,20,21,22,24). The normalized spacial score (nSPS) is 10.4. The maximum absolute atomic E-state index is 5.99. The van der Waals surface area contributed by atoms with Crippen molar-refractivity contribution in [1.82, 2.24) is 9.78 Å². The number of halogens is 2. The summed E-state index contributed by atoms with van der Waals surface area (Å²) >= 11 is 17.2. The Morgan fingerprint density at radius 1 is 1.00 bits per heavy atom. The van der Waals surface area contributed by atoms with Gasteiger partial charge in [0.15, 0.2) is 10.9 Å². The molecule has 0 amide bonds. The van der Waals surface area contributed by atoms with E-state index in [4.69, 9.17) is 35.4 Å². The minimum absolute atomic E-state index is 0.429. The van der Waals surface area contributed by atoms with Gasteiger partial charge < -0.3 is 10.6 Å². The van der Waals surface area contributed by atoms with Crippen LogP contribution in [-0.2, 0) is 6.54 Å². The van der Waals surface area contributed by atoms with E-state index < -0.39 is 0 Å². The van der Waals surface area contributed by atoms with Crippen LogP contribution in [0.1, 0.15) is 5.56 Å². The van der Waals surface area contributed by atoms with Crippen LogP contribution in [0, 0.1) is 0 Å². The molecular weight excluding hydrogens is 363 g/mol. The van der Waals surface area contributed by atoms with E-state index >= 15 is 0 Å². The van der Waals surface area contributed by atoms with Crippen LogP contribution < -0.4 is 10.6 Å². The second-order valence-corrected chi connectivity index (χ2v) is 6.31. The topological polar surface area (TPSA) is 41.9 Å². The third kappa shape index (κ3) is 4.47. The molecule has 3 aromatic rings. The molecule has 24 heavy (non-hydrogen) atoms. The van der Waals surface area contributed by atoms with Gasteiger partial charge in [-0.05, 0) is 36.0 Å². The van der Waals surface area contributed by atoms with Gasteiger partial charge in [0.2, 0.25) is 0 Å². The lowest BCUT2D eigenvalue weighted by Crippen LogP contribution is -2.19. The van der Waals surface area contributed by atoms with Crippen LogP contribution in [0.3, 0.4) is 0 Å². The lowest BCUT2D eigenvalue weighted by atomic mass is 10.2. The van der Waals surface area contributed by atoms with E-state index in [1.54, 1.807) is 18.2 Å². The van der Waals surface area contributed by atoms with Gasteiger partial charge >= 0.3 is 0 Å². The summed E-state index contributed by atoms with van der Waals surface area (Å²) in [6.07, 6.45) is 1.90. The number of nitrogens with one attached hydrogen (secondary N) is 2. The zero-order valence-electron chi connectivity index (χ0n) is 12.5. The summed E-state index contributed by atoms with van der Waals surface area (Å²) in [5.41, 5.74) is 1.94. The number of thiocarbonyl (C=S) groups is 1. The molecule has 7 heteroatoms. The van der Waals surface area contributed by atoms with E-state index in [9.17, 15) is 0 Å². The van der Waals surface area contributed by atoms with Crippen molar-refractivity contribution in [2.75, 3.05) is 10.6 Å². The maximum Gasteiger partial charge on any atom is 0.176 e. The largest absolute Gasteiger partial charge is 0.332 e. The van der Waals surface area contributed by atoms with Crippen LogP contribution in [0.4, 0.5) is 11.5 Å². The molecule has 0 saturated carbocycles. The molecule has 0 spiro atoms. The summed E-state index contributed by atoms with van der Waals surface area (Å²) in [6.45, 7) is 0.704. The van der Waals surface area contributed by atoms with E-state index in [0.717, 1.165) is 5.69 Å². The molecule has 0 aliphatic rings. The first-order valence-corrected chi connectivity index (χ1v) is 8.37. The zero-order valence-corrected chi connectivity index (χ0v) is 14.9. The quantitative estimate of drug-likeness (QED) is 0.625. The highest BCUT2D eigenvalue weighted by Crippen LogP contribution is 2.25. The Morgan fingerprint density at radius 2 is 1.79 bits per heavy atom. The minimum atomic E-state index is 0.429. The lowest BCUT2D eigenvalue weighted by molar-refractivity contribution is 0.690. The van der Waals surface area contributed by atoms with Gasteiger partial charge in [-0.15, -0.1) is 0 Å². The third-order valence-electron chi connectivity index (χ3n) is 3.25. The number of anilines is 2. The molecule has 2 aromatic carbocycles. The number of nitrogens with zero attached hydrogens (tertiary/aromatic N) is 2. The van der Waals surface area contributed by atoms with Crippen molar-refractivity contribution in [3.8, 4) is 0 Å². The van der Waals surface area contributed by atoms with Gasteiger partial charge in [0, 0.05) is 18.0 Å². The molecule has 0 atom stereocenters. The van der Waals surface area contributed by atoms with Crippen molar-refractivity contribution >= 4 is 52.0 Å². The van der Waals surface area contributed by atoms with Crippen LogP contribution in [0.5, 0.6) is 0 Å². The number of aromatic nitrogens is 2. The lowest BCUT2D eigenvalue weighted by Gasteiger charge is -2.09. The molecule has 0 radical (unpaired) electrons. The second kappa shape index (κ2) is 7.66. The zero-order chi connectivity index (χ0) is 16.9. The predicted octanol–water partition coefficient (Wildman–Crippen LogP) is 5.05. The Bertz CT molecular complexity index is 849. The Morgan fingerprint density at radius 3 is 2.54 bits per heavy atom. The second-order valence-electron chi connectivity index (χ2n) is 5.09. The summed E-state index contributed by atoms with van der Waals surface area (Å²) in [4.78, 5) is 0. The van der Waals surface area contributed by atoms with Crippen LogP contribution in [0.2, 0.25) is 10.0 Å². The van der Waals surface area contributed by atoms with Crippen molar-refractivity contribution in [2.24, 2.45) is 0 Å². The molecule has 1 heterocycles. The number of hydrogen-bond acceptors (Lipinski definition) is 2. The first-order valence-electron chi connectivity index (χ1n) is 7.20. The summed E-state index contributed by atoms with van der Waals surface area (Å²) in [7, 11) is 0. The van der Waals surface area contributed by atoms with Gasteiger partial charge in [-0.3, -0.25) is 4.68 Å². The average molecular weight is 377 g/mol. The monoisotopic (exact) mass is 376 g/mol. The van der Waals surface area contributed by atoms with Gasteiger partial charge in [0.25, 0.3) is 0 Å². The Balaban J connectivity index is 1.59. The number of benzene rings is 2. The molecule has 0 aliphatic carbocycles. The Kier molecular flexibility index (Phi) is 5.35. The summed E-state index contributed by atoms with van der Waals surface area (Å²) < 4.78 is 1.85. The van der Waals surface area contributed by atoms with Crippen LogP contribution in [-0.4, -0.2) is 14.9 Å². The Labute approximate surface area is 155 Å². The fourth-order valence-electron chi connectivity index (χ4n) is 2.14. The Hall–Kier alpha value is -2.08. The summed E-state index contributed by atoms with van der Waals surface area (Å²) in [6, 6.07) is 17.2. The fourth-order valence-corrected chi connectivity index (χ4v) is 2.66. The molecule has 0 bridgehead atoms. The molecular formula is C17H14Cl2N4S. The molecule has 0 unspecified atom stereocenters. The van der Waals surface area contributed by atoms with E-state index in [-0.39, 0.29) is 0 Å². The van der Waals surface area contributed by atoms with E-state index in [1.807, 2.05) is 35.1 Å². The molecule has 2 N–H and O–H groups in total. The summed E-state index contributed by atoms with van der Waals surface area (Å²) in [5.74, 6) is 0.670. The fraction of sp³-hybridized carbons (Fsp3) is 0.0588. The smallest absolute Gasteiger partial charge is 0.176 e. The van der Waals surface area contributed by atoms with Crippen molar-refractivity contribution < 1.29 is 0 Å². The van der Waals surface area contributed by atoms with Gasteiger partial charge in [-0.25, -0.2) is 0 Å². The number of rotatable bonds is 4. The van der Waals surface area contributed by atoms with E-state index in [1.165, 1.54) is 5.56 Å². The van der Waals surface area contributed by atoms with E-state index in [2.05, 4.69) is 27.9 Å². The highest BCUT2D eigenvalue weighted by atomic mass is 35.5. The SMILES string of the molecule is S=C(Nc1ccc(Cl)c(Cl)c1)Nc1ccn(Cc2ccccc2)n1. The van der Waals surface area contributed by atoms with Crippen LogP contribution >= 0.6 is 35.4 Å². The highest BCUT2D eigenvalue weighted by Gasteiger charge is 2.04. The van der Waals surface area contributed by atoms with Crippen molar-refractivity contribution in [3.63, 3.8) is 0 Å². The maximum atomic E-state index is 5.99. The molecule has 0 fully saturated rings. The van der Waals surface area contributed by atoms with Crippen LogP contribution in [0.15, 0.2) is 60.8 Å². The third-order valence-corrected chi connectivity index (χ3v) is 4.19. The number of hydrogen-bond donors (Lipinski definition) is 2.